The second-order valence-electron chi connectivity index (χ2n) is 4.54. The average molecular weight is 263 g/mol. The Morgan fingerprint density at radius 3 is 3.33 bits per heavy atom. The maximum absolute atomic E-state index is 5.73. The van der Waals surface area contributed by atoms with Crippen LogP contribution in [0.4, 0.5) is 5.82 Å². The Morgan fingerprint density at radius 1 is 1.56 bits per heavy atom. The first-order valence-corrected chi connectivity index (χ1v) is 7.08. The number of morpholine rings is 1. The van der Waals surface area contributed by atoms with Gasteiger partial charge in [0.05, 0.1) is 12.7 Å². The number of fused-ring (bicyclic) bond motifs is 1. The highest BCUT2D eigenvalue weighted by atomic mass is 32.1. The lowest BCUT2D eigenvalue weighted by atomic mass is 10.2. The Morgan fingerprint density at radius 2 is 2.50 bits per heavy atom. The maximum Gasteiger partial charge on any atom is 0.137 e. The molecule has 3 heterocycles. The number of aromatic nitrogens is 1. The van der Waals surface area contributed by atoms with E-state index in [0.717, 1.165) is 32.1 Å². The Kier molecular flexibility index (Phi) is 3.45. The quantitative estimate of drug-likeness (QED) is 0.915. The molecule has 1 aliphatic rings. The molecule has 96 valence electrons. The Labute approximate surface area is 111 Å². The maximum atomic E-state index is 5.73. The van der Waals surface area contributed by atoms with Gasteiger partial charge in [0.25, 0.3) is 0 Å². The van der Waals surface area contributed by atoms with Gasteiger partial charge in [0, 0.05) is 43.0 Å². The van der Waals surface area contributed by atoms with Crippen LogP contribution < -0.4 is 10.2 Å². The van der Waals surface area contributed by atoms with E-state index in [2.05, 4.69) is 39.8 Å². The first kappa shape index (κ1) is 11.9. The highest BCUT2D eigenvalue weighted by Gasteiger charge is 2.17. The summed E-state index contributed by atoms with van der Waals surface area (Å²) in [7, 11) is 2.08. The van der Waals surface area contributed by atoms with E-state index >= 15 is 0 Å². The van der Waals surface area contributed by atoms with Crippen molar-refractivity contribution in [3.63, 3.8) is 0 Å². The zero-order chi connectivity index (χ0) is 12.4. The van der Waals surface area contributed by atoms with E-state index in [0.29, 0.717) is 0 Å². The summed E-state index contributed by atoms with van der Waals surface area (Å²) >= 11 is 1.75. The lowest BCUT2D eigenvalue weighted by molar-refractivity contribution is 0.0339. The molecule has 3 rings (SSSR count). The number of ether oxygens (including phenoxy) is 1. The molecule has 1 saturated heterocycles. The molecule has 2 aromatic rings. The lowest BCUT2D eigenvalue weighted by Gasteiger charge is -2.28. The molecular formula is C13H17N3OS. The highest BCUT2D eigenvalue weighted by Crippen LogP contribution is 2.27. The summed E-state index contributed by atoms with van der Waals surface area (Å²) in [4.78, 5) is 6.69. The fourth-order valence-corrected chi connectivity index (χ4v) is 3.09. The fraction of sp³-hybridized carbons (Fsp3) is 0.462. The topological polar surface area (TPSA) is 37.4 Å². The van der Waals surface area contributed by atoms with Crippen molar-refractivity contribution in [2.45, 2.75) is 6.10 Å². The van der Waals surface area contributed by atoms with Crippen LogP contribution in [0.15, 0.2) is 23.7 Å². The van der Waals surface area contributed by atoms with E-state index in [4.69, 9.17) is 4.74 Å². The minimum absolute atomic E-state index is 0.249. The first-order chi connectivity index (χ1) is 8.84. The molecule has 0 radical (unpaired) electrons. The minimum Gasteiger partial charge on any atom is -0.374 e. The minimum atomic E-state index is 0.249. The van der Waals surface area contributed by atoms with E-state index in [1.807, 2.05) is 6.20 Å². The van der Waals surface area contributed by atoms with Gasteiger partial charge in [-0.05, 0) is 17.5 Å². The number of likely N-dealkylation sites (N-methyl/N-ethyl adjacent to an activating group) is 1. The van der Waals surface area contributed by atoms with Crippen molar-refractivity contribution in [2.75, 3.05) is 38.2 Å². The monoisotopic (exact) mass is 263 g/mol. The van der Waals surface area contributed by atoms with Gasteiger partial charge in [0.15, 0.2) is 0 Å². The van der Waals surface area contributed by atoms with Crippen LogP contribution in [0.3, 0.4) is 0 Å². The SMILES string of the molecule is CN(CC1CNCCO1)c1nccc2sccc12. The van der Waals surface area contributed by atoms with Gasteiger partial charge in [-0.25, -0.2) is 4.98 Å². The molecule has 2 aromatic heterocycles. The number of nitrogens with one attached hydrogen (secondary N) is 1. The molecule has 4 nitrogen and oxygen atoms in total. The third-order valence-electron chi connectivity index (χ3n) is 3.20. The van der Waals surface area contributed by atoms with Crippen LogP contribution in [-0.2, 0) is 4.74 Å². The molecule has 0 saturated carbocycles. The molecule has 0 spiro atoms. The van der Waals surface area contributed by atoms with Crippen molar-refractivity contribution in [3.05, 3.63) is 23.7 Å². The summed E-state index contributed by atoms with van der Waals surface area (Å²) < 4.78 is 7.02. The summed E-state index contributed by atoms with van der Waals surface area (Å²) in [5.74, 6) is 1.04. The summed E-state index contributed by atoms with van der Waals surface area (Å²) in [5, 5.41) is 6.70. The van der Waals surface area contributed by atoms with Gasteiger partial charge in [0.2, 0.25) is 0 Å². The predicted molar refractivity (Wildman–Crippen MR) is 75.5 cm³/mol. The van der Waals surface area contributed by atoms with Crippen molar-refractivity contribution in [1.29, 1.82) is 0 Å². The molecule has 5 heteroatoms. The smallest absolute Gasteiger partial charge is 0.137 e. The Balaban J connectivity index is 1.78. The van der Waals surface area contributed by atoms with E-state index in [9.17, 15) is 0 Å². The average Bonchev–Trinajstić information content (AvgIpc) is 2.87. The molecule has 18 heavy (non-hydrogen) atoms. The van der Waals surface area contributed by atoms with Gasteiger partial charge in [-0.1, -0.05) is 0 Å². The van der Waals surface area contributed by atoms with Crippen LogP contribution in [0, 0.1) is 0 Å². The predicted octanol–water partition coefficient (Wildman–Crippen LogP) is 1.72. The molecule has 0 amide bonds. The van der Waals surface area contributed by atoms with Crippen molar-refractivity contribution < 1.29 is 4.74 Å². The number of thiophene rings is 1. The number of rotatable bonds is 3. The second kappa shape index (κ2) is 5.22. The van der Waals surface area contributed by atoms with Crippen molar-refractivity contribution in [3.8, 4) is 0 Å². The van der Waals surface area contributed by atoms with Crippen molar-refractivity contribution in [1.82, 2.24) is 10.3 Å². The zero-order valence-corrected chi connectivity index (χ0v) is 11.2. The third kappa shape index (κ3) is 2.34. The molecule has 0 bridgehead atoms. The summed E-state index contributed by atoms with van der Waals surface area (Å²) in [6.07, 6.45) is 2.13. The van der Waals surface area contributed by atoms with Crippen LogP contribution in [0.25, 0.3) is 10.1 Å². The molecule has 1 fully saturated rings. The molecular weight excluding hydrogens is 246 g/mol. The Hall–Kier alpha value is -1.17. The van der Waals surface area contributed by atoms with Gasteiger partial charge in [-0.3, -0.25) is 0 Å². The molecule has 1 aliphatic heterocycles. The normalized spacial score (nSPS) is 20.2. The summed E-state index contributed by atoms with van der Waals surface area (Å²) in [5.41, 5.74) is 0. The standard InChI is InChI=1S/C13H17N3OS/c1-16(9-10-8-14-5-6-17-10)13-11-3-7-18-12(11)2-4-15-13/h2-4,7,10,14H,5-6,8-9H2,1H3. The number of hydrogen-bond donors (Lipinski definition) is 1. The largest absolute Gasteiger partial charge is 0.374 e. The van der Waals surface area contributed by atoms with Gasteiger partial charge < -0.3 is 15.0 Å². The molecule has 0 aromatic carbocycles. The molecule has 1 N–H and O–H groups in total. The van der Waals surface area contributed by atoms with E-state index < -0.39 is 0 Å². The fourth-order valence-electron chi connectivity index (χ4n) is 2.31. The summed E-state index contributed by atoms with van der Waals surface area (Å²) in [6.45, 7) is 3.55. The number of hydrogen-bond acceptors (Lipinski definition) is 5. The molecule has 1 unspecified atom stereocenters. The van der Waals surface area contributed by atoms with E-state index in [-0.39, 0.29) is 6.10 Å². The molecule has 0 aliphatic carbocycles. The number of anilines is 1. The van der Waals surface area contributed by atoms with E-state index in [1.54, 1.807) is 11.3 Å². The van der Waals surface area contributed by atoms with Crippen LogP contribution in [0.2, 0.25) is 0 Å². The lowest BCUT2D eigenvalue weighted by Crippen LogP contribution is -2.44. The van der Waals surface area contributed by atoms with E-state index in [1.165, 1.54) is 10.1 Å². The van der Waals surface area contributed by atoms with Gasteiger partial charge >= 0.3 is 0 Å². The number of nitrogens with zero attached hydrogens (tertiary/aromatic N) is 2. The first-order valence-electron chi connectivity index (χ1n) is 6.20. The van der Waals surface area contributed by atoms with Gasteiger partial charge in [-0.15, -0.1) is 11.3 Å². The zero-order valence-electron chi connectivity index (χ0n) is 10.4. The van der Waals surface area contributed by atoms with Crippen LogP contribution in [0.5, 0.6) is 0 Å². The van der Waals surface area contributed by atoms with Crippen molar-refractivity contribution in [2.24, 2.45) is 0 Å². The molecule has 1 atom stereocenters. The van der Waals surface area contributed by atoms with Crippen LogP contribution in [0.1, 0.15) is 0 Å². The van der Waals surface area contributed by atoms with Gasteiger partial charge in [-0.2, -0.15) is 0 Å². The third-order valence-corrected chi connectivity index (χ3v) is 4.08. The Bertz CT molecular complexity index is 522. The van der Waals surface area contributed by atoms with Crippen molar-refractivity contribution >= 4 is 27.2 Å². The highest BCUT2D eigenvalue weighted by molar-refractivity contribution is 7.17. The van der Waals surface area contributed by atoms with Crippen LogP contribution in [-0.4, -0.2) is 44.4 Å². The number of pyridine rings is 1. The second-order valence-corrected chi connectivity index (χ2v) is 5.49. The summed E-state index contributed by atoms with van der Waals surface area (Å²) in [6, 6.07) is 4.20. The van der Waals surface area contributed by atoms with Gasteiger partial charge in [0.1, 0.15) is 5.82 Å². The van der Waals surface area contributed by atoms with Crippen LogP contribution >= 0.6 is 11.3 Å².